The van der Waals surface area contributed by atoms with Gasteiger partial charge in [0.1, 0.15) is 5.82 Å². The van der Waals surface area contributed by atoms with Gasteiger partial charge in [0.2, 0.25) is 0 Å². The third-order valence-electron chi connectivity index (χ3n) is 2.85. The van der Waals surface area contributed by atoms with Crippen LogP contribution < -0.4 is 10.2 Å². The summed E-state index contributed by atoms with van der Waals surface area (Å²) in [6.45, 7) is 10.3. The summed E-state index contributed by atoms with van der Waals surface area (Å²) in [6, 6.07) is 2.16. The molecule has 0 aromatic carbocycles. The number of aliphatic hydroxyl groups is 1. The van der Waals surface area contributed by atoms with Crippen molar-refractivity contribution >= 4 is 5.82 Å². The van der Waals surface area contributed by atoms with Crippen LogP contribution in [0.25, 0.3) is 0 Å². The molecule has 108 valence electrons. The summed E-state index contributed by atoms with van der Waals surface area (Å²) in [6.07, 6.45) is 3.05. The fraction of sp³-hybridized carbons (Fsp3) is 0.667. The number of pyridine rings is 1. The predicted octanol–water partition coefficient (Wildman–Crippen LogP) is 2.10. The topological polar surface area (TPSA) is 48.4 Å². The zero-order chi connectivity index (χ0) is 14.5. The SMILES string of the molecule is CCCNCc1cnc(N(C)CC(C)(C)O)c(C)c1. The second-order valence-corrected chi connectivity index (χ2v) is 5.83. The fourth-order valence-corrected chi connectivity index (χ4v) is 2.19. The molecule has 1 rings (SSSR count). The number of likely N-dealkylation sites (N-methyl/N-ethyl adjacent to an activating group) is 1. The quantitative estimate of drug-likeness (QED) is 0.741. The van der Waals surface area contributed by atoms with Crippen LogP contribution in [0.4, 0.5) is 5.82 Å². The Bertz CT molecular complexity index is 399. The van der Waals surface area contributed by atoms with Crippen molar-refractivity contribution in [3.05, 3.63) is 23.4 Å². The number of hydrogen-bond acceptors (Lipinski definition) is 4. The monoisotopic (exact) mass is 265 g/mol. The Kier molecular flexibility index (Phi) is 5.76. The zero-order valence-corrected chi connectivity index (χ0v) is 12.8. The first-order valence-corrected chi connectivity index (χ1v) is 6.93. The highest BCUT2D eigenvalue weighted by Crippen LogP contribution is 2.18. The fourth-order valence-electron chi connectivity index (χ4n) is 2.19. The second-order valence-electron chi connectivity index (χ2n) is 5.83. The van der Waals surface area contributed by atoms with Gasteiger partial charge in [0.05, 0.1) is 5.60 Å². The van der Waals surface area contributed by atoms with Crippen LogP contribution in [0.1, 0.15) is 38.3 Å². The number of hydrogen-bond donors (Lipinski definition) is 2. The lowest BCUT2D eigenvalue weighted by Gasteiger charge is -2.27. The molecule has 2 N–H and O–H groups in total. The summed E-state index contributed by atoms with van der Waals surface area (Å²) >= 11 is 0. The predicted molar refractivity (Wildman–Crippen MR) is 80.5 cm³/mol. The minimum absolute atomic E-state index is 0.564. The largest absolute Gasteiger partial charge is 0.389 e. The van der Waals surface area contributed by atoms with Crippen LogP contribution in [-0.4, -0.2) is 35.8 Å². The lowest BCUT2D eigenvalue weighted by atomic mass is 10.1. The van der Waals surface area contributed by atoms with Crippen molar-refractivity contribution < 1.29 is 5.11 Å². The molecule has 19 heavy (non-hydrogen) atoms. The van der Waals surface area contributed by atoms with E-state index in [-0.39, 0.29) is 0 Å². The molecule has 0 radical (unpaired) electrons. The summed E-state index contributed by atoms with van der Waals surface area (Å²) < 4.78 is 0. The average Bonchev–Trinajstić information content (AvgIpc) is 2.27. The van der Waals surface area contributed by atoms with Crippen molar-refractivity contribution in [3.8, 4) is 0 Å². The molecule has 0 amide bonds. The Balaban J connectivity index is 2.71. The highest BCUT2D eigenvalue weighted by Gasteiger charge is 2.17. The zero-order valence-electron chi connectivity index (χ0n) is 12.8. The van der Waals surface area contributed by atoms with Crippen LogP contribution in [0.5, 0.6) is 0 Å². The maximum atomic E-state index is 9.86. The molecule has 4 heteroatoms. The minimum Gasteiger partial charge on any atom is -0.389 e. The van der Waals surface area contributed by atoms with Crippen molar-refractivity contribution in [1.82, 2.24) is 10.3 Å². The highest BCUT2D eigenvalue weighted by molar-refractivity contribution is 5.47. The maximum Gasteiger partial charge on any atom is 0.131 e. The lowest BCUT2D eigenvalue weighted by Crippen LogP contribution is -2.37. The van der Waals surface area contributed by atoms with Gasteiger partial charge in [-0.25, -0.2) is 4.98 Å². The molecule has 0 spiro atoms. The smallest absolute Gasteiger partial charge is 0.131 e. The van der Waals surface area contributed by atoms with Crippen LogP contribution in [0.2, 0.25) is 0 Å². The normalized spacial score (nSPS) is 11.7. The third-order valence-corrected chi connectivity index (χ3v) is 2.85. The van der Waals surface area contributed by atoms with E-state index < -0.39 is 5.60 Å². The molecule has 0 aliphatic rings. The molecule has 0 aliphatic carbocycles. The molecule has 1 aromatic heterocycles. The van der Waals surface area contributed by atoms with Gasteiger partial charge < -0.3 is 15.3 Å². The van der Waals surface area contributed by atoms with Gasteiger partial charge in [-0.2, -0.15) is 0 Å². The van der Waals surface area contributed by atoms with Gasteiger partial charge in [-0.1, -0.05) is 6.92 Å². The Morgan fingerprint density at radius 2 is 2.11 bits per heavy atom. The summed E-state index contributed by atoms with van der Waals surface area (Å²) in [5.41, 5.74) is 1.62. The minimum atomic E-state index is -0.718. The summed E-state index contributed by atoms with van der Waals surface area (Å²) in [4.78, 5) is 6.51. The number of aryl methyl sites for hydroxylation is 1. The number of nitrogens with zero attached hydrogens (tertiary/aromatic N) is 2. The van der Waals surface area contributed by atoms with Gasteiger partial charge in [0.25, 0.3) is 0 Å². The van der Waals surface area contributed by atoms with Gasteiger partial charge in [-0.3, -0.25) is 0 Å². The van der Waals surface area contributed by atoms with Crippen molar-refractivity contribution in [2.24, 2.45) is 0 Å². The van der Waals surface area contributed by atoms with E-state index in [9.17, 15) is 5.11 Å². The van der Waals surface area contributed by atoms with E-state index in [1.165, 1.54) is 5.56 Å². The second kappa shape index (κ2) is 6.87. The number of rotatable bonds is 7. The molecule has 0 atom stereocenters. The van der Waals surface area contributed by atoms with Gasteiger partial charge in [-0.05, 0) is 50.9 Å². The van der Waals surface area contributed by atoms with E-state index in [4.69, 9.17) is 0 Å². The van der Waals surface area contributed by atoms with E-state index >= 15 is 0 Å². The first kappa shape index (κ1) is 15.9. The van der Waals surface area contributed by atoms with Crippen LogP contribution in [0.3, 0.4) is 0 Å². The Morgan fingerprint density at radius 1 is 1.42 bits per heavy atom. The van der Waals surface area contributed by atoms with Crippen LogP contribution in [0, 0.1) is 6.92 Å². The van der Waals surface area contributed by atoms with Crippen molar-refractivity contribution in [3.63, 3.8) is 0 Å². The van der Waals surface area contributed by atoms with Gasteiger partial charge in [0, 0.05) is 26.3 Å². The molecule has 0 saturated heterocycles. The first-order valence-electron chi connectivity index (χ1n) is 6.93. The molecule has 0 bridgehead atoms. The maximum absolute atomic E-state index is 9.86. The van der Waals surface area contributed by atoms with Crippen LogP contribution in [-0.2, 0) is 6.54 Å². The Morgan fingerprint density at radius 3 is 2.63 bits per heavy atom. The van der Waals surface area contributed by atoms with Gasteiger partial charge in [-0.15, -0.1) is 0 Å². The average molecular weight is 265 g/mol. The molecular weight excluding hydrogens is 238 g/mol. The highest BCUT2D eigenvalue weighted by atomic mass is 16.3. The van der Waals surface area contributed by atoms with E-state index in [1.54, 1.807) is 0 Å². The summed E-state index contributed by atoms with van der Waals surface area (Å²) in [5.74, 6) is 0.932. The number of nitrogens with one attached hydrogen (secondary N) is 1. The molecule has 0 fully saturated rings. The Labute approximate surface area is 116 Å². The first-order chi connectivity index (χ1) is 8.83. The molecule has 1 heterocycles. The molecule has 0 saturated carbocycles. The van der Waals surface area contributed by atoms with E-state index in [1.807, 2.05) is 32.0 Å². The van der Waals surface area contributed by atoms with Crippen LogP contribution in [0.15, 0.2) is 12.3 Å². The van der Waals surface area contributed by atoms with Crippen molar-refractivity contribution in [2.75, 3.05) is 25.0 Å². The third kappa shape index (κ3) is 5.57. The van der Waals surface area contributed by atoms with Crippen LogP contribution >= 0.6 is 0 Å². The van der Waals surface area contributed by atoms with Gasteiger partial charge in [0.15, 0.2) is 0 Å². The molecule has 0 aliphatic heterocycles. The molecule has 4 nitrogen and oxygen atoms in total. The standard InChI is InChI=1S/C15H27N3O/c1-6-7-16-9-13-8-12(2)14(17-10-13)18(5)11-15(3,4)19/h8,10,16,19H,6-7,9,11H2,1-5H3. The Hall–Kier alpha value is -1.13. The summed E-state index contributed by atoms with van der Waals surface area (Å²) in [7, 11) is 1.96. The van der Waals surface area contributed by atoms with E-state index in [2.05, 4.69) is 30.2 Å². The number of aromatic nitrogens is 1. The van der Waals surface area contributed by atoms with E-state index in [0.29, 0.717) is 6.54 Å². The number of anilines is 1. The van der Waals surface area contributed by atoms with Crippen molar-refractivity contribution in [2.45, 2.75) is 46.3 Å². The van der Waals surface area contributed by atoms with Gasteiger partial charge >= 0.3 is 0 Å². The molecule has 1 aromatic rings. The van der Waals surface area contributed by atoms with E-state index in [0.717, 1.165) is 30.9 Å². The van der Waals surface area contributed by atoms with Crippen molar-refractivity contribution in [1.29, 1.82) is 0 Å². The molecule has 0 unspecified atom stereocenters. The lowest BCUT2D eigenvalue weighted by molar-refractivity contribution is 0.0884. The summed E-state index contributed by atoms with van der Waals surface area (Å²) in [5, 5.41) is 13.2. The molecular formula is C15H27N3O.